The standard InChI is InChI=1S/C11H11Cl2NO/c1-7(12)10-6-8(15-3)4-5-9(10)11(13)14-2/h4-6H,1H2,2-3H3. The molecule has 4 heteroatoms. The molecule has 0 fully saturated rings. The molecule has 0 atom stereocenters. The first kappa shape index (κ1) is 12.1. The Hall–Kier alpha value is -0.990. The molecule has 0 amide bonds. The fourth-order valence-electron chi connectivity index (χ4n) is 1.18. The van der Waals surface area contributed by atoms with Crippen LogP contribution < -0.4 is 4.74 Å². The van der Waals surface area contributed by atoms with Crippen molar-refractivity contribution in [2.45, 2.75) is 0 Å². The third kappa shape index (κ3) is 2.74. The van der Waals surface area contributed by atoms with Crippen molar-refractivity contribution in [3.8, 4) is 5.75 Å². The minimum atomic E-state index is 0.398. The van der Waals surface area contributed by atoms with Crippen LogP contribution in [0.2, 0.25) is 0 Å². The van der Waals surface area contributed by atoms with Gasteiger partial charge in [-0.15, -0.1) is 0 Å². The Kier molecular flexibility index (Phi) is 4.18. The monoisotopic (exact) mass is 243 g/mol. The molecule has 0 saturated heterocycles. The van der Waals surface area contributed by atoms with E-state index in [1.54, 1.807) is 32.4 Å². The summed E-state index contributed by atoms with van der Waals surface area (Å²) in [6.07, 6.45) is 0. The normalized spacial score (nSPS) is 11.3. The van der Waals surface area contributed by atoms with Gasteiger partial charge in [0.05, 0.1) is 7.11 Å². The summed E-state index contributed by atoms with van der Waals surface area (Å²) in [5.41, 5.74) is 1.48. The molecule has 0 aliphatic rings. The molecule has 0 N–H and O–H groups in total. The Morgan fingerprint density at radius 2 is 2.00 bits per heavy atom. The molecule has 0 aromatic heterocycles. The number of halogens is 2. The Morgan fingerprint density at radius 3 is 2.47 bits per heavy atom. The minimum Gasteiger partial charge on any atom is -0.497 e. The molecule has 80 valence electrons. The lowest BCUT2D eigenvalue weighted by molar-refractivity contribution is 0.414. The SMILES string of the molecule is C=C(Cl)c1cc(OC)ccc1C(Cl)=NC. The highest BCUT2D eigenvalue weighted by Gasteiger charge is 2.09. The topological polar surface area (TPSA) is 21.6 Å². The summed E-state index contributed by atoms with van der Waals surface area (Å²) >= 11 is 11.8. The Balaban J connectivity index is 3.34. The van der Waals surface area contributed by atoms with Crippen LogP contribution in [0.15, 0.2) is 29.8 Å². The van der Waals surface area contributed by atoms with Crippen molar-refractivity contribution < 1.29 is 4.74 Å². The number of hydrogen-bond acceptors (Lipinski definition) is 2. The van der Waals surface area contributed by atoms with Gasteiger partial charge >= 0.3 is 0 Å². The molecule has 0 bridgehead atoms. The third-order valence-corrected chi connectivity index (χ3v) is 2.51. The van der Waals surface area contributed by atoms with E-state index in [-0.39, 0.29) is 0 Å². The summed E-state index contributed by atoms with van der Waals surface area (Å²) in [7, 11) is 3.21. The van der Waals surface area contributed by atoms with Gasteiger partial charge in [-0.1, -0.05) is 29.8 Å². The minimum absolute atomic E-state index is 0.398. The van der Waals surface area contributed by atoms with Crippen molar-refractivity contribution in [2.75, 3.05) is 14.2 Å². The molecular formula is C11H11Cl2NO. The molecule has 0 saturated carbocycles. The average molecular weight is 244 g/mol. The summed E-state index contributed by atoms with van der Waals surface area (Å²) in [4.78, 5) is 3.90. The van der Waals surface area contributed by atoms with Crippen LogP contribution >= 0.6 is 23.2 Å². The Labute approximate surface area is 99.2 Å². The zero-order chi connectivity index (χ0) is 11.4. The Bertz CT molecular complexity index is 413. The van der Waals surface area contributed by atoms with Crippen molar-refractivity contribution in [3.63, 3.8) is 0 Å². The fourth-order valence-corrected chi connectivity index (χ4v) is 1.50. The van der Waals surface area contributed by atoms with Gasteiger partial charge in [0.2, 0.25) is 0 Å². The van der Waals surface area contributed by atoms with Gasteiger partial charge in [-0.2, -0.15) is 0 Å². The van der Waals surface area contributed by atoms with Gasteiger partial charge in [0.15, 0.2) is 0 Å². The molecule has 0 unspecified atom stereocenters. The lowest BCUT2D eigenvalue weighted by Crippen LogP contribution is -1.97. The van der Waals surface area contributed by atoms with Crippen LogP contribution in [0.3, 0.4) is 0 Å². The maximum absolute atomic E-state index is 5.94. The van der Waals surface area contributed by atoms with E-state index in [2.05, 4.69) is 11.6 Å². The van der Waals surface area contributed by atoms with E-state index in [0.717, 1.165) is 11.1 Å². The molecule has 0 spiro atoms. The van der Waals surface area contributed by atoms with Crippen LogP contribution in [0.1, 0.15) is 11.1 Å². The fraction of sp³-hybridized carbons (Fsp3) is 0.182. The summed E-state index contributed by atoms with van der Waals surface area (Å²) < 4.78 is 5.09. The maximum Gasteiger partial charge on any atom is 0.131 e. The number of rotatable bonds is 3. The van der Waals surface area contributed by atoms with Crippen LogP contribution in [0.4, 0.5) is 0 Å². The zero-order valence-electron chi connectivity index (χ0n) is 8.55. The molecule has 0 aliphatic heterocycles. The summed E-state index contributed by atoms with van der Waals surface area (Å²) in [6, 6.07) is 5.38. The van der Waals surface area contributed by atoms with Gasteiger partial charge in [0, 0.05) is 23.2 Å². The van der Waals surface area contributed by atoms with Crippen LogP contribution in [-0.2, 0) is 0 Å². The molecule has 15 heavy (non-hydrogen) atoms. The summed E-state index contributed by atoms with van der Waals surface area (Å²) in [5.74, 6) is 0.705. The van der Waals surface area contributed by atoms with Crippen LogP contribution in [0.25, 0.3) is 5.03 Å². The van der Waals surface area contributed by atoms with Crippen LogP contribution in [0.5, 0.6) is 5.75 Å². The first-order valence-electron chi connectivity index (χ1n) is 4.25. The van der Waals surface area contributed by atoms with Crippen molar-refractivity contribution in [1.82, 2.24) is 0 Å². The van der Waals surface area contributed by atoms with Crippen LogP contribution in [-0.4, -0.2) is 19.3 Å². The molecule has 2 nitrogen and oxygen atoms in total. The van der Waals surface area contributed by atoms with Gasteiger partial charge < -0.3 is 4.74 Å². The first-order valence-corrected chi connectivity index (χ1v) is 5.01. The molecule has 0 radical (unpaired) electrons. The Morgan fingerprint density at radius 1 is 1.33 bits per heavy atom. The largest absolute Gasteiger partial charge is 0.497 e. The van der Waals surface area contributed by atoms with Gasteiger partial charge in [-0.25, -0.2) is 0 Å². The second-order valence-corrected chi connectivity index (χ2v) is 3.65. The molecular weight excluding hydrogens is 233 g/mol. The van der Waals surface area contributed by atoms with Crippen molar-refractivity contribution in [3.05, 3.63) is 35.9 Å². The van der Waals surface area contributed by atoms with E-state index >= 15 is 0 Å². The number of aliphatic imine (C=N–C) groups is 1. The molecule has 1 rings (SSSR count). The molecule has 0 heterocycles. The number of ether oxygens (including phenoxy) is 1. The molecule has 1 aromatic carbocycles. The lowest BCUT2D eigenvalue weighted by atomic mass is 10.1. The highest BCUT2D eigenvalue weighted by atomic mass is 35.5. The van der Waals surface area contributed by atoms with E-state index in [4.69, 9.17) is 27.9 Å². The van der Waals surface area contributed by atoms with Gasteiger partial charge in [-0.05, 0) is 18.2 Å². The van der Waals surface area contributed by atoms with E-state index in [1.165, 1.54) is 0 Å². The van der Waals surface area contributed by atoms with Crippen molar-refractivity contribution >= 4 is 33.4 Å². The quantitative estimate of drug-likeness (QED) is 0.745. The van der Waals surface area contributed by atoms with E-state index in [0.29, 0.717) is 16.0 Å². The number of hydrogen-bond donors (Lipinski definition) is 0. The molecule has 1 aromatic rings. The van der Waals surface area contributed by atoms with E-state index in [9.17, 15) is 0 Å². The predicted octanol–water partition coefficient (Wildman–Crippen LogP) is 3.52. The summed E-state index contributed by atoms with van der Waals surface area (Å²) in [5, 5.41) is 0.806. The lowest BCUT2D eigenvalue weighted by Gasteiger charge is -2.08. The number of methoxy groups -OCH3 is 1. The van der Waals surface area contributed by atoms with E-state index in [1.807, 2.05) is 0 Å². The smallest absolute Gasteiger partial charge is 0.131 e. The van der Waals surface area contributed by atoms with E-state index < -0.39 is 0 Å². The molecule has 0 aliphatic carbocycles. The first-order chi connectivity index (χ1) is 7.10. The van der Waals surface area contributed by atoms with Gasteiger partial charge in [-0.3, -0.25) is 4.99 Å². The van der Waals surface area contributed by atoms with Crippen molar-refractivity contribution in [1.29, 1.82) is 0 Å². The average Bonchev–Trinajstić information content (AvgIpc) is 2.27. The van der Waals surface area contributed by atoms with Gasteiger partial charge in [0.25, 0.3) is 0 Å². The zero-order valence-corrected chi connectivity index (χ0v) is 10.1. The number of benzene rings is 1. The predicted molar refractivity (Wildman–Crippen MR) is 66.2 cm³/mol. The highest BCUT2D eigenvalue weighted by molar-refractivity contribution is 6.70. The van der Waals surface area contributed by atoms with Gasteiger partial charge in [0.1, 0.15) is 10.9 Å². The third-order valence-electron chi connectivity index (χ3n) is 1.94. The second kappa shape index (κ2) is 5.19. The second-order valence-electron chi connectivity index (χ2n) is 2.83. The summed E-state index contributed by atoms with van der Waals surface area (Å²) in [6.45, 7) is 3.67. The van der Waals surface area contributed by atoms with Crippen LogP contribution in [0, 0.1) is 0 Å². The maximum atomic E-state index is 5.94. The van der Waals surface area contributed by atoms with Crippen molar-refractivity contribution in [2.24, 2.45) is 4.99 Å². The number of nitrogens with zero attached hydrogens (tertiary/aromatic N) is 1. The highest BCUT2D eigenvalue weighted by Crippen LogP contribution is 2.27.